The standard InChI is InChI=1S/C22H42N4O2/c1-5-23-20(24-17-21(11-7-8-12-21)15-16-28-6-2)25-18-22(13-9-10-14-22)19(27)26(3)4/h5-18H2,1-4H3,(H2,23,24,25). The fraction of sp³-hybridized carbons (Fsp3) is 0.909. The third-order valence-electron chi connectivity index (χ3n) is 6.58. The van der Waals surface area contributed by atoms with Crippen molar-refractivity contribution in [3.63, 3.8) is 0 Å². The van der Waals surface area contributed by atoms with Crippen molar-refractivity contribution in [3.8, 4) is 0 Å². The van der Waals surface area contributed by atoms with Gasteiger partial charge in [-0.2, -0.15) is 0 Å². The Labute approximate surface area is 171 Å². The van der Waals surface area contributed by atoms with Crippen LogP contribution >= 0.6 is 0 Å². The molecule has 162 valence electrons. The molecule has 0 heterocycles. The number of amides is 1. The van der Waals surface area contributed by atoms with Crippen LogP contribution in [0.3, 0.4) is 0 Å². The first-order chi connectivity index (χ1) is 13.5. The minimum Gasteiger partial charge on any atom is -0.382 e. The number of guanidine groups is 1. The minimum absolute atomic E-state index is 0.248. The minimum atomic E-state index is -0.278. The lowest BCUT2D eigenvalue weighted by atomic mass is 9.83. The number of carbonyl (C=O) groups excluding carboxylic acids is 1. The molecule has 2 saturated carbocycles. The van der Waals surface area contributed by atoms with Gasteiger partial charge in [0.25, 0.3) is 0 Å². The quantitative estimate of drug-likeness (QED) is 0.339. The van der Waals surface area contributed by atoms with Gasteiger partial charge in [-0.15, -0.1) is 0 Å². The van der Waals surface area contributed by atoms with Gasteiger partial charge in [-0.1, -0.05) is 25.7 Å². The molecular weight excluding hydrogens is 352 g/mol. The highest BCUT2D eigenvalue weighted by Gasteiger charge is 2.42. The summed E-state index contributed by atoms with van der Waals surface area (Å²) in [6.45, 7) is 8.09. The molecule has 0 aliphatic heterocycles. The van der Waals surface area contributed by atoms with Gasteiger partial charge in [0.05, 0.1) is 5.41 Å². The zero-order valence-corrected chi connectivity index (χ0v) is 18.6. The molecule has 0 aromatic heterocycles. The molecule has 6 nitrogen and oxygen atoms in total. The number of rotatable bonds is 10. The van der Waals surface area contributed by atoms with Crippen LogP contribution in [-0.4, -0.2) is 63.7 Å². The predicted molar refractivity (Wildman–Crippen MR) is 116 cm³/mol. The molecule has 0 atom stereocenters. The van der Waals surface area contributed by atoms with Gasteiger partial charge in [0, 0.05) is 46.9 Å². The average Bonchev–Trinajstić information content (AvgIpc) is 3.34. The molecule has 2 fully saturated rings. The Bertz CT molecular complexity index is 507. The maximum absolute atomic E-state index is 12.8. The Morgan fingerprint density at radius 1 is 1.04 bits per heavy atom. The van der Waals surface area contributed by atoms with Gasteiger partial charge >= 0.3 is 0 Å². The van der Waals surface area contributed by atoms with Crippen LogP contribution in [0.4, 0.5) is 0 Å². The van der Waals surface area contributed by atoms with E-state index in [-0.39, 0.29) is 16.7 Å². The molecule has 0 saturated heterocycles. The fourth-order valence-electron chi connectivity index (χ4n) is 4.88. The van der Waals surface area contributed by atoms with Crippen LogP contribution in [0.1, 0.15) is 71.6 Å². The third kappa shape index (κ3) is 6.10. The van der Waals surface area contributed by atoms with Crippen LogP contribution in [0.5, 0.6) is 0 Å². The van der Waals surface area contributed by atoms with Gasteiger partial charge in [-0.3, -0.25) is 9.79 Å². The molecule has 6 heteroatoms. The molecule has 2 rings (SSSR count). The van der Waals surface area contributed by atoms with Gasteiger partial charge in [-0.25, -0.2) is 0 Å². The van der Waals surface area contributed by atoms with E-state index in [0.717, 1.165) is 64.4 Å². The zero-order chi connectivity index (χ0) is 20.5. The number of hydrogen-bond donors (Lipinski definition) is 2. The summed E-state index contributed by atoms with van der Waals surface area (Å²) in [6, 6.07) is 0. The lowest BCUT2D eigenvalue weighted by molar-refractivity contribution is -0.138. The van der Waals surface area contributed by atoms with Crippen molar-refractivity contribution in [2.75, 3.05) is 46.9 Å². The Morgan fingerprint density at radius 2 is 1.68 bits per heavy atom. The van der Waals surface area contributed by atoms with E-state index < -0.39 is 0 Å². The third-order valence-corrected chi connectivity index (χ3v) is 6.58. The van der Waals surface area contributed by atoms with E-state index in [1.807, 2.05) is 14.1 Å². The highest BCUT2D eigenvalue weighted by Crippen LogP contribution is 2.41. The number of hydrogen-bond acceptors (Lipinski definition) is 3. The van der Waals surface area contributed by atoms with E-state index in [2.05, 4.69) is 24.5 Å². The van der Waals surface area contributed by atoms with Crippen LogP contribution in [0, 0.1) is 10.8 Å². The predicted octanol–water partition coefficient (Wildman–Crippen LogP) is 3.18. The van der Waals surface area contributed by atoms with E-state index in [9.17, 15) is 4.79 Å². The molecule has 0 bridgehead atoms. The Kier molecular flexibility index (Phi) is 9.06. The van der Waals surface area contributed by atoms with Gasteiger partial charge in [0.1, 0.15) is 0 Å². The maximum atomic E-state index is 12.8. The molecule has 0 radical (unpaired) electrons. The maximum Gasteiger partial charge on any atom is 0.230 e. The van der Waals surface area contributed by atoms with Crippen molar-refractivity contribution >= 4 is 11.9 Å². The summed E-state index contributed by atoms with van der Waals surface area (Å²) in [4.78, 5) is 19.5. The van der Waals surface area contributed by atoms with E-state index in [1.165, 1.54) is 25.7 Å². The molecule has 1 amide bonds. The number of aliphatic imine (C=N–C) groups is 1. The molecule has 28 heavy (non-hydrogen) atoms. The Hall–Kier alpha value is -1.30. The SMILES string of the molecule is CCNC(=NCC1(CCOCC)CCCC1)NCC1(C(=O)N(C)C)CCCC1. The first-order valence-corrected chi connectivity index (χ1v) is 11.3. The molecule has 2 N–H and O–H groups in total. The van der Waals surface area contributed by atoms with Crippen molar-refractivity contribution in [1.29, 1.82) is 0 Å². The molecular formula is C22H42N4O2. The lowest BCUT2D eigenvalue weighted by Gasteiger charge is -2.32. The van der Waals surface area contributed by atoms with Gasteiger partial charge in [-0.05, 0) is 51.4 Å². The molecule has 0 aromatic carbocycles. The zero-order valence-electron chi connectivity index (χ0n) is 18.6. The number of carbonyl (C=O) groups is 1. The summed E-state index contributed by atoms with van der Waals surface area (Å²) in [6.07, 6.45) is 10.4. The van der Waals surface area contributed by atoms with Gasteiger partial charge in [0.2, 0.25) is 5.91 Å². The summed E-state index contributed by atoms with van der Waals surface area (Å²) in [7, 11) is 3.73. The highest BCUT2D eigenvalue weighted by molar-refractivity contribution is 5.85. The lowest BCUT2D eigenvalue weighted by Crippen LogP contribution is -2.49. The van der Waals surface area contributed by atoms with Crippen LogP contribution in [0.2, 0.25) is 0 Å². The van der Waals surface area contributed by atoms with E-state index in [0.29, 0.717) is 6.54 Å². The summed E-state index contributed by atoms with van der Waals surface area (Å²) in [5.41, 5.74) is 0.00171. The second kappa shape index (κ2) is 11.0. The average molecular weight is 395 g/mol. The van der Waals surface area contributed by atoms with Crippen molar-refractivity contribution < 1.29 is 9.53 Å². The molecule has 0 unspecified atom stereocenters. The molecule has 0 aromatic rings. The number of nitrogens with one attached hydrogen (secondary N) is 2. The van der Waals surface area contributed by atoms with Crippen molar-refractivity contribution in [1.82, 2.24) is 15.5 Å². The summed E-state index contributed by atoms with van der Waals surface area (Å²) in [5, 5.41) is 6.89. The van der Waals surface area contributed by atoms with E-state index >= 15 is 0 Å². The first kappa shape index (κ1) is 23.0. The largest absolute Gasteiger partial charge is 0.382 e. The summed E-state index contributed by atoms with van der Waals surface area (Å²) >= 11 is 0. The summed E-state index contributed by atoms with van der Waals surface area (Å²) < 4.78 is 5.63. The van der Waals surface area contributed by atoms with Crippen LogP contribution in [0.25, 0.3) is 0 Å². The van der Waals surface area contributed by atoms with Crippen molar-refractivity contribution in [2.24, 2.45) is 15.8 Å². The fourth-order valence-corrected chi connectivity index (χ4v) is 4.88. The van der Waals surface area contributed by atoms with Crippen LogP contribution in [-0.2, 0) is 9.53 Å². The topological polar surface area (TPSA) is 66.0 Å². The van der Waals surface area contributed by atoms with E-state index in [4.69, 9.17) is 9.73 Å². The van der Waals surface area contributed by atoms with Crippen molar-refractivity contribution in [2.45, 2.75) is 71.6 Å². The second-order valence-electron chi connectivity index (χ2n) is 8.89. The molecule has 0 spiro atoms. The summed E-state index contributed by atoms with van der Waals surface area (Å²) in [5.74, 6) is 1.10. The van der Waals surface area contributed by atoms with Crippen molar-refractivity contribution in [3.05, 3.63) is 0 Å². The van der Waals surface area contributed by atoms with Crippen LogP contribution < -0.4 is 10.6 Å². The Morgan fingerprint density at radius 3 is 2.25 bits per heavy atom. The first-order valence-electron chi connectivity index (χ1n) is 11.3. The van der Waals surface area contributed by atoms with Crippen LogP contribution in [0.15, 0.2) is 4.99 Å². The smallest absolute Gasteiger partial charge is 0.230 e. The molecule has 2 aliphatic carbocycles. The van der Waals surface area contributed by atoms with Gasteiger partial charge < -0.3 is 20.3 Å². The number of ether oxygens (including phenoxy) is 1. The van der Waals surface area contributed by atoms with Gasteiger partial charge in [0.15, 0.2) is 5.96 Å². The highest BCUT2D eigenvalue weighted by atomic mass is 16.5. The molecule has 2 aliphatic rings. The number of nitrogens with zero attached hydrogens (tertiary/aromatic N) is 2. The second-order valence-corrected chi connectivity index (χ2v) is 8.89. The Balaban J connectivity index is 2.01. The van der Waals surface area contributed by atoms with E-state index in [1.54, 1.807) is 4.90 Å². The normalized spacial score (nSPS) is 20.9. The monoisotopic (exact) mass is 394 g/mol.